The minimum atomic E-state index is 0.382. The smallest absolute Gasteiger partial charge is 0.191 e. The van der Waals surface area contributed by atoms with Gasteiger partial charge in [-0.3, -0.25) is 0 Å². The van der Waals surface area contributed by atoms with Crippen LogP contribution in [0.5, 0.6) is 0 Å². The summed E-state index contributed by atoms with van der Waals surface area (Å²) in [5.74, 6) is 2.26. The van der Waals surface area contributed by atoms with Crippen LogP contribution in [0.3, 0.4) is 0 Å². The van der Waals surface area contributed by atoms with Crippen LogP contribution in [0, 0.1) is 0 Å². The van der Waals surface area contributed by atoms with Gasteiger partial charge in [0.2, 0.25) is 0 Å². The Morgan fingerprint density at radius 3 is 2.58 bits per heavy atom. The van der Waals surface area contributed by atoms with Crippen LogP contribution >= 0.6 is 35.0 Å². The molecule has 0 amide bonds. The predicted molar refractivity (Wildman–Crippen MR) is 102 cm³/mol. The number of nitrogens with zero attached hydrogens (tertiary/aromatic N) is 3. The number of benzene rings is 1. The summed E-state index contributed by atoms with van der Waals surface area (Å²) in [5.41, 5.74) is 1.08. The average Bonchev–Trinajstić information content (AvgIpc) is 2.99. The summed E-state index contributed by atoms with van der Waals surface area (Å²) >= 11 is 14.0. The van der Waals surface area contributed by atoms with Crippen LogP contribution in [0.25, 0.3) is 0 Å². The van der Waals surface area contributed by atoms with Gasteiger partial charge in [0.1, 0.15) is 5.82 Å². The first kappa shape index (κ1) is 18.1. The zero-order valence-electron chi connectivity index (χ0n) is 14.1. The molecule has 1 saturated carbocycles. The van der Waals surface area contributed by atoms with E-state index >= 15 is 0 Å². The van der Waals surface area contributed by atoms with Crippen LogP contribution in [0.2, 0.25) is 10.0 Å². The van der Waals surface area contributed by atoms with Crippen LogP contribution in [-0.4, -0.2) is 14.8 Å². The van der Waals surface area contributed by atoms with Gasteiger partial charge in [-0.15, -0.1) is 10.2 Å². The first-order chi connectivity index (χ1) is 11.6. The highest BCUT2D eigenvalue weighted by atomic mass is 35.5. The fourth-order valence-corrected chi connectivity index (χ4v) is 4.82. The number of thioether (sulfide) groups is 1. The average molecular weight is 384 g/mol. The highest BCUT2D eigenvalue weighted by molar-refractivity contribution is 7.98. The molecule has 0 spiro atoms. The van der Waals surface area contributed by atoms with Gasteiger partial charge in [0, 0.05) is 27.8 Å². The van der Waals surface area contributed by atoms with Crippen molar-refractivity contribution in [1.82, 2.24) is 14.8 Å². The summed E-state index contributed by atoms with van der Waals surface area (Å²) < 4.78 is 2.39. The summed E-state index contributed by atoms with van der Waals surface area (Å²) in [6, 6.07) is 6.20. The molecular formula is C18H23Cl2N3S. The lowest BCUT2D eigenvalue weighted by Gasteiger charge is -2.26. The molecule has 1 heterocycles. The molecule has 3 nitrogen and oxygen atoms in total. The van der Waals surface area contributed by atoms with Crippen molar-refractivity contribution in [3.8, 4) is 0 Å². The Balaban J connectivity index is 1.82. The van der Waals surface area contributed by atoms with Crippen molar-refractivity contribution < 1.29 is 0 Å². The zero-order chi connectivity index (χ0) is 17.1. The van der Waals surface area contributed by atoms with Crippen molar-refractivity contribution in [2.24, 2.45) is 0 Å². The van der Waals surface area contributed by atoms with Crippen molar-refractivity contribution in [3.63, 3.8) is 0 Å². The zero-order valence-corrected chi connectivity index (χ0v) is 16.5. The van der Waals surface area contributed by atoms with Crippen molar-refractivity contribution >= 4 is 35.0 Å². The van der Waals surface area contributed by atoms with E-state index in [2.05, 4.69) is 28.6 Å². The summed E-state index contributed by atoms with van der Waals surface area (Å²) in [5, 5.41) is 11.3. The molecular weight excluding hydrogens is 361 g/mol. The Hall–Kier alpha value is -0.710. The molecule has 130 valence electrons. The Labute approximate surface area is 158 Å². The normalized spacial score (nSPS) is 16.0. The molecule has 1 aliphatic carbocycles. The lowest BCUT2D eigenvalue weighted by Crippen LogP contribution is -2.17. The molecule has 3 rings (SSSR count). The van der Waals surface area contributed by atoms with Gasteiger partial charge in [-0.1, -0.05) is 74.1 Å². The number of halogens is 2. The van der Waals surface area contributed by atoms with E-state index in [-0.39, 0.29) is 0 Å². The molecule has 1 fully saturated rings. The number of rotatable bonds is 5. The maximum absolute atomic E-state index is 6.30. The van der Waals surface area contributed by atoms with Gasteiger partial charge in [0.15, 0.2) is 5.16 Å². The molecule has 1 aromatic heterocycles. The Morgan fingerprint density at radius 1 is 1.17 bits per heavy atom. The van der Waals surface area contributed by atoms with Crippen molar-refractivity contribution in [2.45, 2.75) is 68.8 Å². The van der Waals surface area contributed by atoms with Crippen LogP contribution in [0.4, 0.5) is 0 Å². The molecule has 24 heavy (non-hydrogen) atoms. The van der Waals surface area contributed by atoms with E-state index in [9.17, 15) is 0 Å². The molecule has 0 aliphatic heterocycles. The van der Waals surface area contributed by atoms with E-state index in [0.29, 0.717) is 22.0 Å². The first-order valence-corrected chi connectivity index (χ1v) is 10.3. The largest absolute Gasteiger partial charge is 0.303 e. The summed E-state index contributed by atoms with van der Waals surface area (Å²) in [6.07, 6.45) is 6.40. The maximum Gasteiger partial charge on any atom is 0.191 e. The minimum Gasteiger partial charge on any atom is -0.303 e. The molecule has 0 atom stereocenters. The van der Waals surface area contributed by atoms with Gasteiger partial charge < -0.3 is 4.57 Å². The summed E-state index contributed by atoms with van der Waals surface area (Å²) in [7, 11) is 0. The first-order valence-electron chi connectivity index (χ1n) is 8.57. The number of hydrogen-bond donors (Lipinski definition) is 0. The third kappa shape index (κ3) is 4.09. The second kappa shape index (κ2) is 8.11. The van der Waals surface area contributed by atoms with E-state index in [1.807, 2.05) is 12.1 Å². The van der Waals surface area contributed by atoms with E-state index in [4.69, 9.17) is 23.2 Å². The molecule has 0 radical (unpaired) electrons. The highest BCUT2D eigenvalue weighted by Gasteiger charge is 2.24. The van der Waals surface area contributed by atoms with Gasteiger partial charge in [-0.2, -0.15) is 0 Å². The van der Waals surface area contributed by atoms with Crippen molar-refractivity contribution in [3.05, 3.63) is 39.6 Å². The molecule has 0 unspecified atom stereocenters. The fraction of sp³-hybridized carbons (Fsp3) is 0.556. The third-order valence-electron chi connectivity index (χ3n) is 4.52. The summed E-state index contributed by atoms with van der Waals surface area (Å²) in [6.45, 7) is 4.38. The van der Waals surface area contributed by atoms with Crippen LogP contribution in [-0.2, 0) is 5.75 Å². The maximum atomic E-state index is 6.30. The lowest BCUT2D eigenvalue weighted by atomic mass is 9.95. The standard InChI is InChI=1S/C18H23Cl2N3S/c1-12(2)17-21-22-18(23(17)15-6-4-3-5-7-15)24-11-13-8-9-14(19)10-16(13)20/h8-10,12,15H,3-7,11H2,1-2H3. The van der Waals surface area contributed by atoms with Crippen molar-refractivity contribution in [2.75, 3.05) is 0 Å². The molecule has 2 aromatic rings. The van der Waals surface area contributed by atoms with Crippen molar-refractivity contribution in [1.29, 1.82) is 0 Å². The quantitative estimate of drug-likeness (QED) is 0.551. The lowest BCUT2D eigenvalue weighted by molar-refractivity contribution is 0.326. The molecule has 6 heteroatoms. The van der Waals surface area contributed by atoms with Gasteiger partial charge in [-0.25, -0.2) is 0 Å². The van der Waals surface area contributed by atoms with Gasteiger partial charge in [0.25, 0.3) is 0 Å². The van der Waals surface area contributed by atoms with E-state index in [0.717, 1.165) is 22.3 Å². The molecule has 0 bridgehead atoms. The minimum absolute atomic E-state index is 0.382. The van der Waals surface area contributed by atoms with Gasteiger partial charge in [0.05, 0.1) is 0 Å². The molecule has 0 N–H and O–H groups in total. The molecule has 0 saturated heterocycles. The van der Waals surface area contributed by atoms with Crippen LogP contribution in [0.1, 0.15) is 69.3 Å². The second-order valence-corrected chi connectivity index (χ2v) is 8.47. The topological polar surface area (TPSA) is 30.7 Å². The van der Waals surface area contributed by atoms with E-state index in [1.165, 1.54) is 32.1 Å². The number of hydrogen-bond acceptors (Lipinski definition) is 3. The van der Waals surface area contributed by atoms with Crippen LogP contribution < -0.4 is 0 Å². The highest BCUT2D eigenvalue weighted by Crippen LogP contribution is 2.36. The Morgan fingerprint density at radius 2 is 1.92 bits per heavy atom. The molecule has 1 aliphatic rings. The molecule has 1 aromatic carbocycles. The Kier molecular flexibility index (Phi) is 6.12. The van der Waals surface area contributed by atoms with Gasteiger partial charge >= 0.3 is 0 Å². The SMILES string of the molecule is CC(C)c1nnc(SCc2ccc(Cl)cc2Cl)n1C1CCCCC1. The second-order valence-electron chi connectivity index (χ2n) is 6.68. The third-order valence-corrected chi connectivity index (χ3v) is 6.10. The predicted octanol–water partition coefficient (Wildman–Crippen LogP) is 6.51. The Bertz CT molecular complexity index is 694. The van der Waals surface area contributed by atoms with Gasteiger partial charge in [-0.05, 0) is 30.5 Å². The van der Waals surface area contributed by atoms with E-state index in [1.54, 1.807) is 17.8 Å². The van der Waals surface area contributed by atoms with E-state index < -0.39 is 0 Å². The monoisotopic (exact) mass is 383 g/mol. The fourth-order valence-electron chi connectivity index (χ4n) is 3.24. The summed E-state index contributed by atoms with van der Waals surface area (Å²) in [4.78, 5) is 0. The van der Waals surface area contributed by atoms with Crippen LogP contribution in [0.15, 0.2) is 23.4 Å². The number of aromatic nitrogens is 3.